The van der Waals surface area contributed by atoms with Crippen LogP contribution in [-0.2, 0) is 6.18 Å². The van der Waals surface area contributed by atoms with Crippen molar-refractivity contribution in [1.29, 1.82) is 0 Å². The number of rotatable bonds is 2. The highest BCUT2D eigenvalue weighted by atomic mass is 32.1. The summed E-state index contributed by atoms with van der Waals surface area (Å²) in [5, 5.41) is 6.75. The molecule has 2 saturated carbocycles. The Hall–Kier alpha value is -1.30. The van der Waals surface area contributed by atoms with E-state index in [0.29, 0.717) is 22.8 Å². The minimum Gasteiger partial charge on any atom is -0.359 e. The Morgan fingerprint density at radius 2 is 1.81 bits per heavy atom. The summed E-state index contributed by atoms with van der Waals surface area (Å²) in [5.41, 5.74) is -0.0799. The van der Waals surface area contributed by atoms with E-state index in [2.05, 4.69) is 10.6 Å². The Kier molecular flexibility index (Phi) is 3.82. The van der Waals surface area contributed by atoms with E-state index in [1.807, 2.05) is 0 Å². The van der Waals surface area contributed by atoms with Crippen LogP contribution in [0.4, 0.5) is 18.9 Å². The number of hydrogen-bond donors (Lipinski definition) is 2. The van der Waals surface area contributed by atoms with E-state index in [1.54, 1.807) is 0 Å². The number of alkyl halides is 3. The zero-order valence-corrected chi connectivity index (χ0v) is 12.2. The number of halogens is 3. The Morgan fingerprint density at radius 3 is 2.33 bits per heavy atom. The fraction of sp³-hybridized carbons (Fsp3) is 0.533. The van der Waals surface area contributed by atoms with Crippen LogP contribution in [0.2, 0.25) is 0 Å². The molecule has 2 N–H and O–H groups in total. The minimum atomic E-state index is -4.31. The Morgan fingerprint density at radius 1 is 1.10 bits per heavy atom. The van der Waals surface area contributed by atoms with E-state index in [0.717, 1.165) is 24.5 Å². The van der Waals surface area contributed by atoms with Crippen LogP contribution in [0.3, 0.4) is 0 Å². The first-order chi connectivity index (χ1) is 9.91. The van der Waals surface area contributed by atoms with Crippen molar-refractivity contribution in [2.24, 2.45) is 11.8 Å². The second kappa shape index (κ2) is 5.48. The van der Waals surface area contributed by atoms with Gasteiger partial charge in [-0.1, -0.05) is 6.42 Å². The molecule has 3 rings (SSSR count). The molecule has 0 heterocycles. The van der Waals surface area contributed by atoms with Crippen molar-refractivity contribution in [2.75, 3.05) is 5.32 Å². The molecule has 0 spiro atoms. The zero-order valence-electron chi connectivity index (χ0n) is 11.4. The molecule has 0 aromatic heterocycles. The second-order valence-electron chi connectivity index (χ2n) is 5.95. The van der Waals surface area contributed by atoms with Crippen LogP contribution in [0.15, 0.2) is 24.3 Å². The van der Waals surface area contributed by atoms with Gasteiger partial charge in [0.2, 0.25) is 0 Å². The van der Waals surface area contributed by atoms with Crippen LogP contribution in [0.25, 0.3) is 0 Å². The molecule has 0 unspecified atom stereocenters. The Balaban J connectivity index is 1.55. The van der Waals surface area contributed by atoms with Gasteiger partial charge in [-0.3, -0.25) is 0 Å². The summed E-state index contributed by atoms with van der Waals surface area (Å²) in [7, 11) is 0. The first-order valence-electron chi connectivity index (χ1n) is 7.16. The van der Waals surface area contributed by atoms with Gasteiger partial charge in [-0.05, 0) is 67.6 Å². The summed E-state index contributed by atoms with van der Waals surface area (Å²) in [5.74, 6) is 1.52. The van der Waals surface area contributed by atoms with Crippen molar-refractivity contribution in [1.82, 2.24) is 5.32 Å². The SMILES string of the molecule is FC(F)(F)c1ccc(NC(=S)N[C@@H]2C[C@H]3CC[C@@H]2C3)cc1. The summed E-state index contributed by atoms with van der Waals surface area (Å²) in [6, 6.07) is 5.33. The van der Waals surface area contributed by atoms with E-state index in [-0.39, 0.29) is 0 Å². The predicted molar refractivity (Wildman–Crippen MR) is 80.0 cm³/mol. The lowest BCUT2D eigenvalue weighted by Gasteiger charge is -2.24. The van der Waals surface area contributed by atoms with Gasteiger partial charge in [-0.25, -0.2) is 0 Å². The van der Waals surface area contributed by atoms with E-state index in [4.69, 9.17) is 12.2 Å². The van der Waals surface area contributed by atoms with Crippen molar-refractivity contribution >= 4 is 23.0 Å². The first kappa shape index (κ1) is 14.6. The molecule has 2 bridgehead atoms. The van der Waals surface area contributed by atoms with E-state index in [1.165, 1.54) is 31.4 Å². The van der Waals surface area contributed by atoms with Gasteiger partial charge >= 0.3 is 6.18 Å². The molecule has 0 amide bonds. The molecule has 2 aliphatic rings. The molecule has 2 fully saturated rings. The second-order valence-corrected chi connectivity index (χ2v) is 6.36. The summed E-state index contributed by atoms with van der Waals surface area (Å²) >= 11 is 5.25. The quantitative estimate of drug-likeness (QED) is 0.801. The molecule has 1 aromatic carbocycles. The number of nitrogens with one attached hydrogen (secondary N) is 2. The van der Waals surface area contributed by atoms with Gasteiger partial charge in [0.05, 0.1) is 5.56 Å². The molecule has 1 aromatic rings. The van der Waals surface area contributed by atoms with Crippen LogP contribution >= 0.6 is 12.2 Å². The van der Waals surface area contributed by atoms with Gasteiger partial charge in [-0.2, -0.15) is 13.2 Å². The molecule has 2 aliphatic carbocycles. The van der Waals surface area contributed by atoms with Crippen LogP contribution in [0, 0.1) is 11.8 Å². The molecule has 21 heavy (non-hydrogen) atoms. The predicted octanol–water partition coefficient (Wildman–Crippen LogP) is 4.18. The van der Waals surface area contributed by atoms with Gasteiger partial charge in [0.25, 0.3) is 0 Å². The van der Waals surface area contributed by atoms with Crippen molar-refractivity contribution in [2.45, 2.75) is 37.9 Å². The summed E-state index contributed by atoms with van der Waals surface area (Å²) < 4.78 is 37.4. The lowest BCUT2D eigenvalue weighted by Crippen LogP contribution is -2.40. The smallest absolute Gasteiger partial charge is 0.359 e. The van der Waals surface area contributed by atoms with Crippen LogP contribution < -0.4 is 10.6 Å². The molecule has 3 atom stereocenters. The fourth-order valence-corrected chi connectivity index (χ4v) is 3.77. The number of anilines is 1. The topological polar surface area (TPSA) is 24.1 Å². The Bertz CT molecular complexity index is 527. The number of fused-ring (bicyclic) bond motifs is 2. The zero-order chi connectivity index (χ0) is 15.0. The molecular weight excluding hydrogens is 297 g/mol. The lowest BCUT2D eigenvalue weighted by molar-refractivity contribution is -0.137. The third-order valence-electron chi connectivity index (χ3n) is 4.52. The number of thiocarbonyl (C=S) groups is 1. The largest absolute Gasteiger partial charge is 0.416 e. The summed E-state index contributed by atoms with van der Waals surface area (Å²) in [6.07, 6.45) is 0.702. The van der Waals surface area contributed by atoms with Gasteiger partial charge in [-0.15, -0.1) is 0 Å². The fourth-order valence-electron chi connectivity index (χ4n) is 3.50. The molecule has 2 nitrogen and oxygen atoms in total. The van der Waals surface area contributed by atoms with Crippen molar-refractivity contribution in [3.8, 4) is 0 Å². The highest BCUT2D eigenvalue weighted by molar-refractivity contribution is 7.80. The maximum Gasteiger partial charge on any atom is 0.416 e. The van der Waals surface area contributed by atoms with Crippen molar-refractivity contribution in [3.05, 3.63) is 29.8 Å². The van der Waals surface area contributed by atoms with Gasteiger partial charge < -0.3 is 10.6 Å². The first-order valence-corrected chi connectivity index (χ1v) is 7.57. The summed E-state index contributed by atoms with van der Waals surface area (Å²) in [4.78, 5) is 0. The van der Waals surface area contributed by atoms with Crippen LogP contribution in [0.5, 0.6) is 0 Å². The third kappa shape index (κ3) is 3.31. The molecule has 114 valence electrons. The average Bonchev–Trinajstić information content (AvgIpc) is 3.00. The lowest BCUT2D eigenvalue weighted by atomic mass is 9.96. The van der Waals surface area contributed by atoms with Crippen molar-refractivity contribution < 1.29 is 13.2 Å². The highest BCUT2D eigenvalue weighted by Gasteiger charge is 2.39. The Labute approximate surface area is 127 Å². The van der Waals surface area contributed by atoms with Crippen LogP contribution in [0.1, 0.15) is 31.2 Å². The van der Waals surface area contributed by atoms with E-state index in [9.17, 15) is 13.2 Å². The maximum absolute atomic E-state index is 12.5. The number of hydrogen-bond acceptors (Lipinski definition) is 1. The molecular formula is C15H17F3N2S. The third-order valence-corrected chi connectivity index (χ3v) is 4.74. The van der Waals surface area contributed by atoms with E-state index >= 15 is 0 Å². The molecule has 0 aliphatic heterocycles. The highest BCUT2D eigenvalue weighted by Crippen LogP contribution is 2.44. The monoisotopic (exact) mass is 314 g/mol. The maximum atomic E-state index is 12.5. The van der Waals surface area contributed by atoms with Crippen molar-refractivity contribution in [3.63, 3.8) is 0 Å². The number of benzene rings is 1. The standard InChI is InChI=1S/C15H17F3N2S/c16-15(17,18)11-3-5-12(6-4-11)19-14(21)20-13-8-9-1-2-10(13)7-9/h3-6,9-10,13H,1-2,7-8H2,(H2,19,20,21)/t9-,10+,13+/m0/s1. The van der Waals surface area contributed by atoms with E-state index < -0.39 is 11.7 Å². The minimum absolute atomic E-state index is 0.415. The van der Waals surface area contributed by atoms with Crippen LogP contribution in [-0.4, -0.2) is 11.2 Å². The van der Waals surface area contributed by atoms with Gasteiger partial charge in [0.15, 0.2) is 5.11 Å². The summed E-state index contributed by atoms with van der Waals surface area (Å²) in [6.45, 7) is 0. The van der Waals surface area contributed by atoms with Gasteiger partial charge in [0.1, 0.15) is 0 Å². The van der Waals surface area contributed by atoms with Gasteiger partial charge in [0, 0.05) is 11.7 Å². The normalized spacial score (nSPS) is 27.7. The molecule has 0 saturated heterocycles. The average molecular weight is 314 g/mol. The molecule has 6 heteroatoms. The molecule has 0 radical (unpaired) electrons.